The topological polar surface area (TPSA) is 70.3 Å². The highest BCUT2D eigenvalue weighted by Crippen LogP contribution is 2.43. The third-order valence-electron chi connectivity index (χ3n) is 10.2. The smallest absolute Gasteiger partial charge is 0.145 e. The highest BCUT2D eigenvalue weighted by Gasteiger charge is 2.28. The summed E-state index contributed by atoms with van der Waals surface area (Å²) < 4.78 is 4.55. The van der Waals surface area contributed by atoms with E-state index in [1.165, 1.54) is 22.2 Å². The Balaban J connectivity index is 1.17. The fraction of sp³-hybridized carbons (Fsp3) is 0.114. The van der Waals surface area contributed by atoms with Gasteiger partial charge in [-0.3, -0.25) is 4.57 Å². The molecule has 3 aromatic heterocycles. The number of aromatic nitrogens is 3. The minimum Gasteiger partial charge on any atom is -0.313 e. The van der Waals surface area contributed by atoms with Crippen molar-refractivity contribution in [2.75, 3.05) is 0 Å². The number of rotatable bonds is 4. The van der Waals surface area contributed by atoms with Gasteiger partial charge in [0.1, 0.15) is 5.65 Å². The van der Waals surface area contributed by atoms with Gasteiger partial charge in [0.15, 0.2) is 0 Å². The SMILES string of the molecule is CC1CC=Cc2c1n(-c1ccc(-c3cccc(-c4c(C#N)cccc4-n4c5c(c6cccnc64)C(C#N)CC=C5)c3)cc1)c1ccccc21. The minimum absolute atomic E-state index is 0.253. The average Bonchev–Trinajstić information content (AvgIpc) is 3.69. The predicted octanol–water partition coefficient (Wildman–Crippen LogP) is 10.7. The predicted molar refractivity (Wildman–Crippen MR) is 198 cm³/mol. The van der Waals surface area contributed by atoms with Gasteiger partial charge < -0.3 is 4.57 Å². The molecule has 2 aliphatic carbocycles. The van der Waals surface area contributed by atoms with Gasteiger partial charge in [0.05, 0.1) is 40.5 Å². The molecule has 7 aromatic rings. The number of hydrogen-bond donors (Lipinski definition) is 0. The van der Waals surface area contributed by atoms with E-state index < -0.39 is 0 Å². The molecule has 0 N–H and O–H groups in total. The van der Waals surface area contributed by atoms with E-state index in [0.29, 0.717) is 17.9 Å². The van der Waals surface area contributed by atoms with Gasteiger partial charge in [-0.25, -0.2) is 4.98 Å². The van der Waals surface area contributed by atoms with Crippen LogP contribution in [0.4, 0.5) is 0 Å². The highest BCUT2D eigenvalue weighted by atomic mass is 15.1. The lowest BCUT2D eigenvalue weighted by Crippen LogP contribution is -2.07. The Morgan fingerprint density at radius 1 is 0.735 bits per heavy atom. The zero-order valence-corrected chi connectivity index (χ0v) is 27.0. The lowest BCUT2D eigenvalue weighted by atomic mass is 9.90. The van der Waals surface area contributed by atoms with Crippen molar-refractivity contribution in [3.8, 4) is 45.8 Å². The number of para-hydroxylation sites is 1. The van der Waals surface area contributed by atoms with Gasteiger partial charge in [-0.05, 0) is 84.1 Å². The first kappa shape index (κ1) is 28.8. The summed E-state index contributed by atoms with van der Waals surface area (Å²) in [5.41, 5.74) is 13.2. The zero-order chi connectivity index (χ0) is 33.1. The van der Waals surface area contributed by atoms with Crippen LogP contribution in [0.1, 0.15) is 59.7 Å². The molecule has 0 bridgehead atoms. The number of nitriles is 2. The Hall–Kier alpha value is -6.43. The van der Waals surface area contributed by atoms with Crippen molar-refractivity contribution in [3.63, 3.8) is 0 Å². The number of allylic oxidation sites excluding steroid dienone is 2. The maximum absolute atomic E-state index is 10.4. The lowest BCUT2D eigenvalue weighted by Gasteiger charge is -2.20. The monoisotopic (exact) mass is 629 g/mol. The summed E-state index contributed by atoms with van der Waals surface area (Å²) in [5.74, 6) is 0.175. The number of hydrogen-bond acceptors (Lipinski definition) is 3. The summed E-state index contributed by atoms with van der Waals surface area (Å²) in [4.78, 5) is 4.80. The van der Waals surface area contributed by atoms with E-state index in [1.54, 1.807) is 6.20 Å². The van der Waals surface area contributed by atoms with Gasteiger partial charge in [-0.15, -0.1) is 0 Å². The molecule has 0 saturated heterocycles. The van der Waals surface area contributed by atoms with Crippen LogP contribution in [0.25, 0.3) is 67.7 Å². The second kappa shape index (κ2) is 11.4. The Morgan fingerprint density at radius 2 is 1.53 bits per heavy atom. The van der Waals surface area contributed by atoms with Crippen LogP contribution < -0.4 is 0 Å². The van der Waals surface area contributed by atoms with Crippen LogP contribution in [0.5, 0.6) is 0 Å². The first-order valence-electron chi connectivity index (χ1n) is 16.8. The van der Waals surface area contributed by atoms with Crippen molar-refractivity contribution in [3.05, 3.63) is 150 Å². The molecule has 0 amide bonds. The van der Waals surface area contributed by atoms with Crippen LogP contribution in [-0.4, -0.2) is 14.1 Å². The van der Waals surface area contributed by atoms with E-state index in [2.05, 4.69) is 125 Å². The second-order valence-corrected chi connectivity index (χ2v) is 13.0. The number of benzene rings is 4. The summed E-state index contributed by atoms with van der Waals surface area (Å²) in [6.07, 6.45) is 12.2. The summed E-state index contributed by atoms with van der Waals surface area (Å²) in [6, 6.07) is 40.7. The Bertz CT molecular complexity index is 2600. The van der Waals surface area contributed by atoms with E-state index in [4.69, 9.17) is 4.98 Å². The van der Waals surface area contributed by atoms with E-state index in [0.717, 1.165) is 62.3 Å². The second-order valence-electron chi connectivity index (χ2n) is 13.0. The Morgan fingerprint density at radius 3 is 2.39 bits per heavy atom. The fourth-order valence-electron chi connectivity index (χ4n) is 7.99. The molecule has 0 spiro atoms. The van der Waals surface area contributed by atoms with Gasteiger partial charge in [0, 0.05) is 51.0 Å². The molecule has 49 heavy (non-hydrogen) atoms. The van der Waals surface area contributed by atoms with E-state index in [-0.39, 0.29) is 5.92 Å². The van der Waals surface area contributed by atoms with Crippen molar-refractivity contribution < 1.29 is 0 Å². The third-order valence-corrected chi connectivity index (χ3v) is 10.2. The van der Waals surface area contributed by atoms with Crippen LogP contribution >= 0.6 is 0 Å². The molecule has 0 saturated carbocycles. The average molecular weight is 630 g/mol. The third kappa shape index (κ3) is 4.40. The quantitative estimate of drug-likeness (QED) is 0.194. The molecule has 2 atom stereocenters. The number of pyridine rings is 1. The zero-order valence-electron chi connectivity index (χ0n) is 27.0. The molecule has 9 rings (SSSR count). The fourth-order valence-corrected chi connectivity index (χ4v) is 7.99. The molecular formula is C44H31N5. The van der Waals surface area contributed by atoms with E-state index >= 15 is 0 Å². The molecule has 232 valence electrons. The van der Waals surface area contributed by atoms with Crippen molar-refractivity contribution in [2.45, 2.75) is 31.6 Å². The van der Waals surface area contributed by atoms with Gasteiger partial charge in [-0.1, -0.05) is 79.7 Å². The van der Waals surface area contributed by atoms with E-state index in [9.17, 15) is 10.5 Å². The molecule has 5 heteroatoms. The van der Waals surface area contributed by atoms with E-state index in [1.807, 2.05) is 30.3 Å². The standard InChI is InChI=1S/C44H31N5/c1-28-9-4-15-36-35-14-2-3-17-38(35)48(43(28)36)34-22-20-29(21-23-34)30-10-5-11-31(25-30)41-32(26-45)12-6-18-39(41)49-40-19-7-13-33(27-46)42(40)37-16-8-24-47-44(37)49/h2-8,10-12,14-25,28,33H,9,13H2,1H3. The Kier molecular flexibility index (Phi) is 6.68. The molecule has 0 fully saturated rings. The van der Waals surface area contributed by atoms with Crippen LogP contribution in [0.3, 0.4) is 0 Å². The molecule has 3 heterocycles. The number of nitrogens with zero attached hydrogens (tertiary/aromatic N) is 5. The molecule has 0 aliphatic heterocycles. The largest absolute Gasteiger partial charge is 0.313 e. The van der Waals surface area contributed by atoms with Crippen molar-refractivity contribution in [1.29, 1.82) is 10.5 Å². The van der Waals surface area contributed by atoms with Crippen LogP contribution in [0.15, 0.2) is 121 Å². The molecule has 2 aliphatic rings. The maximum atomic E-state index is 10.4. The normalized spacial score (nSPS) is 16.3. The highest BCUT2D eigenvalue weighted by molar-refractivity contribution is 5.94. The molecule has 0 radical (unpaired) electrons. The lowest BCUT2D eigenvalue weighted by molar-refractivity contribution is 0.723. The first-order chi connectivity index (χ1) is 24.2. The van der Waals surface area contributed by atoms with Gasteiger partial charge in [0.25, 0.3) is 0 Å². The molecule has 4 aromatic carbocycles. The van der Waals surface area contributed by atoms with Crippen molar-refractivity contribution in [1.82, 2.24) is 14.1 Å². The van der Waals surface area contributed by atoms with Crippen LogP contribution in [0.2, 0.25) is 0 Å². The van der Waals surface area contributed by atoms with Crippen LogP contribution in [-0.2, 0) is 0 Å². The molecular weight excluding hydrogens is 599 g/mol. The van der Waals surface area contributed by atoms with Gasteiger partial charge >= 0.3 is 0 Å². The molecule has 2 unspecified atom stereocenters. The maximum Gasteiger partial charge on any atom is 0.145 e. The van der Waals surface area contributed by atoms with Crippen molar-refractivity contribution >= 4 is 34.1 Å². The van der Waals surface area contributed by atoms with Gasteiger partial charge in [0.2, 0.25) is 0 Å². The molecule has 5 nitrogen and oxygen atoms in total. The summed E-state index contributed by atoms with van der Waals surface area (Å²) in [5, 5.41) is 22.7. The summed E-state index contributed by atoms with van der Waals surface area (Å²) in [6.45, 7) is 2.31. The Labute approximate surface area is 284 Å². The van der Waals surface area contributed by atoms with Gasteiger partial charge in [-0.2, -0.15) is 10.5 Å². The summed E-state index contributed by atoms with van der Waals surface area (Å²) in [7, 11) is 0. The number of fused-ring (bicyclic) bond motifs is 6. The van der Waals surface area contributed by atoms with Crippen molar-refractivity contribution in [2.24, 2.45) is 0 Å². The minimum atomic E-state index is -0.253. The first-order valence-corrected chi connectivity index (χ1v) is 16.8. The summed E-state index contributed by atoms with van der Waals surface area (Å²) >= 11 is 0. The van der Waals surface area contributed by atoms with Crippen LogP contribution in [0, 0.1) is 22.7 Å².